The second-order valence-corrected chi connectivity index (χ2v) is 1.41. The van der Waals surface area contributed by atoms with Gasteiger partial charge in [0.25, 0.3) is 0 Å². The van der Waals surface area contributed by atoms with Crippen molar-refractivity contribution in [1.29, 1.82) is 5.41 Å². The zero-order valence-electron chi connectivity index (χ0n) is 4.79. The quantitative estimate of drug-likeness (QED) is 0.535. The van der Waals surface area contributed by atoms with E-state index in [0.29, 0.717) is 6.08 Å². The third-order valence-corrected chi connectivity index (χ3v) is 0.639. The summed E-state index contributed by atoms with van der Waals surface area (Å²) in [5.74, 6) is 0. The topological polar surface area (TPSA) is 23.9 Å². The summed E-state index contributed by atoms with van der Waals surface area (Å²) >= 11 is 0. The highest BCUT2D eigenvalue weighted by atomic mass is 19.4. The van der Waals surface area contributed by atoms with Gasteiger partial charge in [0.1, 0.15) is 5.71 Å². The summed E-state index contributed by atoms with van der Waals surface area (Å²) in [6, 6.07) is 0. The molecule has 1 nitrogen and oxygen atoms in total. The molecule has 9 heavy (non-hydrogen) atoms. The largest absolute Gasteiger partial charge is 0.432 e. The molecule has 0 aliphatic carbocycles. The van der Waals surface area contributed by atoms with E-state index in [2.05, 4.69) is 0 Å². The molecule has 52 valence electrons. The van der Waals surface area contributed by atoms with Gasteiger partial charge < -0.3 is 0 Å². The van der Waals surface area contributed by atoms with E-state index < -0.39 is 11.9 Å². The van der Waals surface area contributed by atoms with Gasteiger partial charge in [-0.15, -0.1) is 0 Å². The molecule has 0 amide bonds. The molecule has 0 aromatic rings. The van der Waals surface area contributed by atoms with Gasteiger partial charge in [0.15, 0.2) is 0 Å². The second kappa shape index (κ2) is 2.66. The molecule has 0 aromatic carbocycles. The SMILES string of the molecule is CC=CC(=N)C(F)(F)F. The maximum Gasteiger partial charge on any atom is 0.432 e. The van der Waals surface area contributed by atoms with Crippen molar-refractivity contribution in [2.45, 2.75) is 13.1 Å². The van der Waals surface area contributed by atoms with E-state index in [9.17, 15) is 13.2 Å². The van der Waals surface area contributed by atoms with Gasteiger partial charge in [0, 0.05) is 0 Å². The summed E-state index contributed by atoms with van der Waals surface area (Å²) in [4.78, 5) is 0. The van der Waals surface area contributed by atoms with Crippen molar-refractivity contribution >= 4 is 5.71 Å². The normalized spacial score (nSPS) is 12.4. The zero-order valence-corrected chi connectivity index (χ0v) is 4.79. The molecule has 0 radical (unpaired) electrons. The third kappa shape index (κ3) is 2.90. The lowest BCUT2D eigenvalue weighted by atomic mass is 10.3. The van der Waals surface area contributed by atoms with Crippen molar-refractivity contribution in [1.82, 2.24) is 0 Å². The van der Waals surface area contributed by atoms with E-state index in [-0.39, 0.29) is 0 Å². The summed E-state index contributed by atoms with van der Waals surface area (Å²) in [6.45, 7) is 1.43. The van der Waals surface area contributed by atoms with Crippen LogP contribution >= 0.6 is 0 Å². The molecular weight excluding hydrogens is 131 g/mol. The van der Waals surface area contributed by atoms with Gasteiger partial charge >= 0.3 is 6.18 Å². The van der Waals surface area contributed by atoms with E-state index in [1.54, 1.807) is 0 Å². The predicted octanol–water partition coefficient (Wildman–Crippen LogP) is 2.14. The van der Waals surface area contributed by atoms with Crippen LogP contribution in [0.15, 0.2) is 12.2 Å². The summed E-state index contributed by atoms with van der Waals surface area (Å²) in [5, 5.41) is 6.33. The minimum absolute atomic E-state index is 0.708. The number of hydrogen-bond donors (Lipinski definition) is 1. The van der Waals surface area contributed by atoms with Gasteiger partial charge in [0.05, 0.1) is 0 Å². The molecule has 0 fully saturated rings. The first-order valence-corrected chi connectivity index (χ1v) is 2.27. The maximum absolute atomic E-state index is 11.4. The van der Waals surface area contributed by atoms with Gasteiger partial charge in [-0.05, 0) is 13.0 Å². The minimum Gasteiger partial charge on any atom is -0.296 e. The Bertz CT molecular complexity index is 134. The Hall–Kier alpha value is -0.800. The minimum atomic E-state index is -4.49. The van der Waals surface area contributed by atoms with Gasteiger partial charge in [-0.3, -0.25) is 5.41 Å². The Morgan fingerprint density at radius 3 is 2.00 bits per heavy atom. The molecule has 0 aliphatic heterocycles. The van der Waals surface area contributed by atoms with E-state index >= 15 is 0 Å². The van der Waals surface area contributed by atoms with E-state index in [0.717, 1.165) is 0 Å². The van der Waals surface area contributed by atoms with Crippen LogP contribution in [-0.4, -0.2) is 11.9 Å². The first-order valence-electron chi connectivity index (χ1n) is 2.27. The summed E-state index contributed by atoms with van der Waals surface area (Å²) < 4.78 is 34.1. The van der Waals surface area contributed by atoms with Crippen molar-refractivity contribution in [2.24, 2.45) is 0 Å². The highest BCUT2D eigenvalue weighted by Crippen LogP contribution is 2.16. The van der Waals surface area contributed by atoms with Crippen molar-refractivity contribution in [3.63, 3.8) is 0 Å². The fraction of sp³-hybridized carbons (Fsp3) is 0.400. The van der Waals surface area contributed by atoms with Crippen molar-refractivity contribution in [2.75, 3.05) is 0 Å². The lowest BCUT2D eigenvalue weighted by Crippen LogP contribution is -2.18. The number of hydrogen-bond acceptors (Lipinski definition) is 1. The summed E-state index contributed by atoms with van der Waals surface area (Å²) in [6.07, 6.45) is -2.61. The second-order valence-electron chi connectivity index (χ2n) is 1.41. The van der Waals surface area contributed by atoms with Gasteiger partial charge in [-0.1, -0.05) is 6.08 Å². The van der Waals surface area contributed by atoms with Crippen LogP contribution in [0.4, 0.5) is 13.2 Å². The Labute approximate surface area is 50.7 Å². The lowest BCUT2D eigenvalue weighted by Gasteiger charge is -2.01. The van der Waals surface area contributed by atoms with E-state index in [1.165, 1.54) is 13.0 Å². The molecule has 0 rings (SSSR count). The van der Waals surface area contributed by atoms with Crippen molar-refractivity contribution in [3.05, 3.63) is 12.2 Å². The number of allylic oxidation sites excluding steroid dienone is 2. The molecular formula is C5H6F3N. The average molecular weight is 137 g/mol. The smallest absolute Gasteiger partial charge is 0.296 e. The third-order valence-electron chi connectivity index (χ3n) is 0.639. The molecule has 1 N–H and O–H groups in total. The Balaban J connectivity index is 4.06. The molecule has 0 saturated heterocycles. The molecule has 0 atom stereocenters. The van der Waals surface area contributed by atoms with Crippen LogP contribution < -0.4 is 0 Å². The van der Waals surface area contributed by atoms with Gasteiger partial charge in [-0.25, -0.2) is 0 Å². The molecule has 0 aliphatic rings. The molecule has 0 heterocycles. The molecule has 0 aromatic heterocycles. The number of alkyl halides is 3. The van der Waals surface area contributed by atoms with Crippen LogP contribution in [0.1, 0.15) is 6.92 Å². The van der Waals surface area contributed by atoms with Gasteiger partial charge in [0.2, 0.25) is 0 Å². The highest BCUT2D eigenvalue weighted by molar-refractivity contribution is 5.96. The molecule has 0 saturated carbocycles. The van der Waals surface area contributed by atoms with Crippen LogP contribution in [0.2, 0.25) is 0 Å². The average Bonchev–Trinajstić information content (AvgIpc) is 1.64. The first-order chi connectivity index (χ1) is 3.98. The summed E-state index contributed by atoms with van der Waals surface area (Å²) in [7, 11) is 0. The van der Waals surface area contributed by atoms with Crippen LogP contribution in [0.5, 0.6) is 0 Å². The van der Waals surface area contributed by atoms with E-state index in [4.69, 9.17) is 5.41 Å². The van der Waals surface area contributed by atoms with E-state index in [1.807, 2.05) is 0 Å². The number of halogens is 3. The molecule has 0 unspecified atom stereocenters. The predicted molar refractivity (Wildman–Crippen MR) is 28.6 cm³/mol. The lowest BCUT2D eigenvalue weighted by molar-refractivity contribution is -0.0584. The first kappa shape index (κ1) is 8.20. The molecule has 4 heteroatoms. The zero-order chi connectivity index (χ0) is 7.49. The van der Waals surface area contributed by atoms with Crippen LogP contribution in [-0.2, 0) is 0 Å². The monoisotopic (exact) mass is 137 g/mol. The Kier molecular flexibility index (Phi) is 2.42. The fourth-order valence-corrected chi connectivity index (χ4v) is 0.261. The molecule has 0 spiro atoms. The van der Waals surface area contributed by atoms with Crippen LogP contribution in [0, 0.1) is 5.41 Å². The summed E-state index contributed by atoms with van der Waals surface area (Å²) in [5.41, 5.74) is -1.31. The van der Waals surface area contributed by atoms with Gasteiger partial charge in [-0.2, -0.15) is 13.2 Å². The Morgan fingerprint density at radius 1 is 1.44 bits per heavy atom. The molecule has 0 bridgehead atoms. The van der Waals surface area contributed by atoms with Crippen molar-refractivity contribution < 1.29 is 13.2 Å². The number of nitrogens with one attached hydrogen (secondary N) is 1. The maximum atomic E-state index is 11.4. The van der Waals surface area contributed by atoms with Crippen molar-refractivity contribution in [3.8, 4) is 0 Å². The standard InChI is InChI=1S/C5H6F3N/c1-2-3-4(9)5(6,7)8/h2-3,9H,1H3. The van der Waals surface area contributed by atoms with Crippen LogP contribution in [0.3, 0.4) is 0 Å². The highest BCUT2D eigenvalue weighted by Gasteiger charge is 2.31. The fourth-order valence-electron chi connectivity index (χ4n) is 0.261. The number of rotatable bonds is 1. The Morgan fingerprint density at radius 2 is 1.89 bits per heavy atom. The van der Waals surface area contributed by atoms with Crippen LogP contribution in [0.25, 0.3) is 0 Å².